The number of oxazole rings is 1. The predicted octanol–water partition coefficient (Wildman–Crippen LogP) is 3.00. The summed E-state index contributed by atoms with van der Waals surface area (Å²) in [6.07, 6.45) is 0. The molecule has 1 aromatic heterocycles. The Morgan fingerprint density at radius 3 is 2.75 bits per heavy atom. The molecule has 20 heavy (non-hydrogen) atoms. The number of nitrogens with zero attached hydrogens (tertiary/aromatic N) is 1. The van der Waals surface area contributed by atoms with E-state index in [1.54, 1.807) is 25.3 Å². The molecule has 1 heterocycles. The number of hydrogen-bond donors (Lipinski definition) is 1. The molecule has 0 amide bonds. The molecule has 0 unspecified atom stereocenters. The standard InChI is InChI=1S/C15H14N2O3/c1-18-13-4-2-3-5-14(13)19-9-15-17-11-8-10(16)6-7-12(11)20-15/h2-8H,9,16H2,1H3. The lowest BCUT2D eigenvalue weighted by Gasteiger charge is -2.08. The van der Waals surface area contributed by atoms with Crippen molar-refractivity contribution >= 4 is 16.8 Å². The van der Waals surface area contributed by atoms with E-state index < -0.39 is 0 Å². The monoisotopic (exact) mass is 270 g/mol. The van der Waals surface area contributed by atoms with Crippen molar-refractivity contribution in [3.8, 4) is 11.5 Å². The van der Waals surface area contributed by atoms with Crippen LogP contribution in [0.5, 0.6) is 11.5 Å². The summed E-state index contributed by atoms with van der Waals surface area (Å²) < 4.78 is 16.5. The van der Waals surface area contributed by atoms with Gasteiger partial charge in [0.25, 0.3) is 0 Å². The molecule has 2 aromatic carbocycles. The Kier molecular flexibility index (Phi) is 3.16. The minimum absolute atomic E-state index is 0.231. The summed E-state index contributed by atoms with van der Waals surface area (Å²) >= 11 is 0. The van der Waals surface area contributed by atoms with Crippen LogP contribution in [0.1, 0.15) is 5.89 Å². The van der Waals surface area contributed by atoms with Gasteiger partial charge >= 0.3 is 0 Å². The summed E-state index contributed by atoms with van der Waals surface area (Å²) in [7, 11) is 1.60. The van der Waals surface area contributed by atoms with Gasteiger partial charge in [0, 0.05) is 5.69 Å². The van der Waals surface area contributed by atoms with Gasteiger partial charge in [-0.15, -0.1) is 0 Å². The van der Waals surface area contributed by atoms with Crippen LogP contribution in [0.2, 0.25) is 0 Å². The Hall–Kier alpha value is -2.69. The van der Waals surface area contributed by atoms with E-state index in [0.717, 1.165) is 5.52 Å². The number of benzene rings is 2. The fourth-order valence-electron chi connectivity index (χ4n) is 1.93. The second-order valence-electron chi connectivity index (χ2n) is 4.27. The lowest BCUT2D eigenvalue weighted by atomic mass is 10.3. The number of methoxy groups -OCH3 is 1. The van der Waals surface area contributed by atoms with Crippen molar-refractivity contribution in [1.82, 2.24) is 4.98 Å². The van der Waals surface area contributed by atoms with E-state index in [1.807, 2.05) is 24.3 Å². The fourth-order valence-corrected chi connectivity index (χ4v) is 1.93. The molecule has 0 fully saturated rings. The Bertz CT molecular complexity index is 737. The highest BCUT2D eigenvalue weighted by molar-refractivity contribution is 5.76. The summed E-state index contributed by atoms with van der Waals surface area (Å²) in [4.78, 5) is 4.33. The molecule has 5 nitrogen and oxygen atoms in total. The van der Waals surface area contributed by atoms with Crippen LogP contribution in [-0.4, -0.2) is 12.1 Å². The zero-order valence-corrected chi connectivity index (χ0v) is 11.0. The zero-order chi connectivity index (χ0) is 13.9. The summed E-state index contributed by atoms with van der Waals surface area (Å²) in [5.41, 5.74) is 7.78. The molecule has 3 rings (SSSR count). The van der Waals surface area contributed by atoms with E-state index in [-0.39, 0.29) is 6.61 Å². The maximum Gasteiger partial charge on any atom is 0.233 e. The third-order valence-electron chi connectivity index (χ3n) is 2.88. The molecule has 2 N–H and O–H groups in total. The van der Waals surface area contributed by atoms with E-state index in [4.69, 9.17) is 19.6 Å². The summed E-state index contributed by atoms with van der Waals surface area (Å²) in [6.45, 7) is 0.231. The molecule has 0 bridgehead atoms. The molecule has 0 saturated carbocycles. The van der Waals surface area contributed by atoms with Gasteiger partial charge in [-0.1, -0.05) is 12.1 Å². The molecule has 0 saturated heterocycles. The number of aromatic nitrogens is 1. The first-order valence-corrected chi connectivity index (χ1v) is 6.17. The topological polar surface area (TPSA) is 70.5 Å². The highest BCUT2D eigenvalue weighted by atomic mass is 16.5. The molecule has 102 valence electrons. The van der Waals surface area contributed by atoms with Gasteiger partial charge in [-0.05, 0) is 30.3 Å². The number of ether oxygens (including phenoxy) is 2. The molecular formula is C15H14N2O3. The van der Waals surface area contributed by atoms with Crippen LogP contribution in [0.15, 0.2) is 46.9 Å². The molecule has 0 aliphatic carbocycles. The van der Waals surface area contributed by atoms with Crippen LogP contribution in [0.25, 0.3) is 11.1 Å². The van der Waals surface area contributed by atoms with Crippen molar-refractivity contribution in [1.29, 1.82) is 0 Å². The van der Waals surface area contributed by atoms with Gasteiger partial charge in [-0.25, -0.2) is 4.98 Å². The van der Waals surface area contributed by atoms with Crippen molar-refractivity contribution < 1.29 is 13.9 Å². The minimum atomic E-state index is 0.231. The van der Waals surface area contributed by atoms with Gasteiger partial charge in [0.15, 0.2) is 23.7 Å². The number of para-hydroxylation sites is 2. The van der Waals surface area contributed by atoms with E-state index in [1.165, 1.54) is 0 Å². The largest absolute Gasteiger partial charge is 0.493 e. The lowest BCUT2D eigenvalue weighted by Crippen LogP contribution is -1.97. The van der Waals surface area contributed by atoms with Gasteiger partial charge < -0.3 is 19.6 Å². The zero-order valence-electron chi connectivity index (χ0n) is 11.0. The van der Waals surface area contributed by atoms with E-state index >= 15 is 0 Å². The van der Waals surface area contributed by atoms with E-state index in [9.17, 15) is 0 Å². The molecule has 0 spiro atoms. The molecule has 0 atom stereocenters. The smallest absolute Gasteiger partial charge is 0.233 e. The first kappa shape index (κ1) is 12.3. The second-order valence-corrected chi connectivity index (χ2v) is 4.27. The van der Waals surface area contributed by atoms with Gasteiger partial charge in [-0.3, -0.25) is 0 Å². The Labute approximate surface area is 115 Å². The second kappa shape index (κ2) is 5.13. The highest BCUT2D eigenvalue weighted by Crippen LogP contribution is 2.27. The molecule has 0 radical (unpaired) electrons. The van der Waals surface area contributed by atoms with Crippen LogP contribution in [0.3, 0.4) is 0 Å². The summed E-state index contributed by atoms with van der Waals surface area (Å²) in [6, 6.07) is 12.8. The normalized spacial score (nSPS) is 10.7. The molecule has 0 aliphatic rings. The van der Waals surface area contributed by atoms with Crippen molar-refractivity contribution in [2.75, 3.05) is 12.8 Å². The van der Waals surface area contributed by atoms with Gasteiger partial charge in [0.1, 0.15) is 5.52 Å². The van der Waals surface area contributed by atoms with Crippen LogP contribution in [0, 0.1) is 0 Å². The van der Waals surface area contributed by atoms with Gasteiger partial charge in [-0.2, -0.15) is 0 Å². The van der Waals surface area contributed by atoms with Crippen LogP contribution >= 0.6 is 0 Å². The Morgan fingerprint density at radius 2 is 1.95 bits per heavy atom. The van der Waals surface area contributed by atoms with Crippen LogP contribution < -0.4 is 15.2 Å². The van der Waals surface area contributed by atoms with E-state index in [2.05, 4.69) is 4.98 Å². The lowest BCUT2D eigenvalue weighted by molar-refractivity contribution is 0.253. The average Bonchev–Trinajstić information content (AvgIpc) is 2.87. The number of anilines is 1. The average molecular weight is 270 g/mol. The van der Waals surface area contributed by atoms with Crippen LogP contribution in [0.4, 0.5) is 5.69 Å². The number of rotatable bonds is 4. The Morgan fingerprint density at radius 1 is 1.15 bits per heavy atom. The first-order valence-electron chi connectivity index (χ1n) is 6.17. The number of nitrogens with two attached hydrogens (primary N) is 1. The summed E-state index contributed by atoms with van der Waals surface area (Å²) in [5.74, 6) is 1.82. The number of hydrogen-bond acceptors (Lipinski definition) is 5. The maximum absolute atomic E-state index is 5.71. The van der Waals surface area contributed by atoms with Gasteiger partial charge in [0.05, 0.1) is 7.11 Å². The molecule has 5 heteroatoms. The minimum Gasteiger partial charge on any atom is -0.493 e. The SMILES string of the molecule is COc1ccccc1OCc1nc2cc(N)ccc2o1. The molecule has 0 aliphatic heterocycles. The number of fused-ring (bicyclic) bond motifs is 1. The van der Waals surface area contributed by atoms with E-state index in [0.29, 0.717) is 28.7 Å². The fraction of sp³-hybridized carbons (Fsp3) is 0.133. The van der Waals surface area contributed by atoms with Crippen molar-refractivity contribution in [2.24, 2.45) is 0 Å². The Balaban J connectivity index is 1.79. The third kappa shape index (κ3) is 2.38. The maximum atomic E-state index is 5.71. The highest BCUT2D eigenvalue weighted by Gasteiger charge is 2.08. The van der Waals surface area contributed by atoms with Crippen molar-refractivity contribution in [2.45, 2.75) is 6.61 Å². The predicted molar refractivity (Wildman–Crippen MR) is 75.7 cm³/mol. The number of nitrogen functional groups attached to an aromatic ring is 1. The molecule has 3 aromatic rings. The quantitative estimate of drug-likeness (QED) is 0.738. The first-order chi connectivity index (χ1) is 9.76. The van der Waals surface area contributed by atoms with Crippen LogP contribution in [-0.2, 0) is 6.61 Å². The third-order valence-corrected chi connectivity index (χ3v) is 2.88. The summed E-state index contributed by atoms with van der Waals surface area (Å²) in [5, 5.41) is 0. The van der Waals surface area contributed by atoms with Crippen molar-refractivity contribution in [3.63, 3.8) is 0 Å². The molecular weight excluding hydrogens is 256 g/mol. The van der Waals surface area contributed by atoms with Gasteiger partial charge in [0.2, 0.25) is 5.89 Å². The van der Waals surface area contributed by atoms with Crippen molar-refractivity contribution in [3.05, 3.63) is 48.4 Å².